The number of likely N-dealkylation sites (tertiary alicyclic amines) is 1. The summed E-state index contributed by atoms with van der Waals surface area (Å²) >= 11 is 0. The molecule has 6 nitrogen and oxygen atoms in total. The number of nitrogens with zero attached hydrogens (tertiary/aromatic N) is 3. The number of fused-ring (bicyclic) bond motifs is 1. The summed E-state index contributed by atoms with van der Waals surface area (Å²) in [6.45, 7) is 8.46. The van der Waals surface area contributed by atoms with E-state index in [0.717, 1.165) is 49.7 Å². The Bertz CT molecular complexity index is 1010. The second-order valence-electron chi connectivity index (χ2n) is 9.93. The van der Waals surface area contributed by atoms with Gasteiger partial charge in [-0.15, -0.1) is 10.2 Å². The molecule has 184 valence electrons. The van der Waals surface area contributed by atoms with Crippen LogP contribution >= 0.6 is 0 Å². The summed E-state index contributed by atoms with van der Waals surface area (Å²) in [4.78, 5) is 2.41. The van der Waals surface area contributed by atoms with E-state index >= 15 is 0 Å². The molecule has 0 amide bonds. The molecule has 2 aliphatic heterocycles. The third kappa shape index (κ3) is 5.06. The molecule has 0 spiro atoms. The van der Waals surface area contributed by atoms with Crippen LogP contribution in [0.4, 0.5) is 19.0 Å². The quantitative estimate of drug-likeness (QED) is 0.694. The number of rotatable bonds is 5. The fourth-order valence-corrected chi connectivity index (χ4v) is 5.65. The summed E-state index contributed by atoms with van der Waals surface area (Å²) in [6, 6.07) is 6.76. The van der Waals surface area contributed by atoms with Gasteiger partial charge in [0.15, 0.2) is 5.82 Å². The summed E-state index contributed by atoms with van der Waals surface area (Å²) < 4.78 is 53.2. The molecule has 9 heteroatoms. The fourth-order valence-electron chi connectivity index (χ4n) is 5.65. The predicted molar refractivity (Wildman–Crippen MR) is 123 cm³/mol. The lowest BCUT2D eigenvalue weighted by Gasteiger charge is -2.28. The van der Waals surface area contributed by atoms with Crippen LogP contribution in [-0.2, 0) is 15.7 Å². The Hall–Kier alpha value is -2.23. The van der Waals surface area contributed by atoms with Gasteiger partial charge in [0.05, 0.1) is 31.6 Å². The molecule has 4 atom stereocenters. The topological polar surface area (TPSA) is 59.5 Å². The molecule has 1 aliphatic carbocycles. The molecule has 2 saturated heterocycles. The van der Waals surface area contributed by atoms with E-state index in [0.29, 0.717) is 37.2 Å². The van der Waals surface area contributed by atoms with Crippen molar-refractivity contribution in [2.45, 2.75) is 45.0 Å². The molecule has 1 aromatic carbocycles. The molecule has 0 radical (unpaired) electrons. The van der Waals surface area contributed by atoms with E-state index in [4.69, 9.17) is 9.47 Å². The van der Waals surface area contributed by atoms with Gasteiger partial charge < -0.3 is 19.7 Å². The zero-order valence-electron chi connectivity index (χ0n) is 19.6. The smallest absolute Gasteiger partial charge is 0.376 e. The van der Waals surface area contributed by atoms with Gasteiger partial charge in [-0.3, -0.25) is 0 Å². The highest BCUT2D eigenvalue weighted by Crippen LogP contribution is 2.41. The van der Waals surface area contributed by atoms with Gasteiger partial charge in [0, 0.05) is 31.2 Å². The normalized spacial score (nSPS) is 27.7. The van der Waals surface area contributed by atoms with E-state index in [1.54, 1.807) is 0 Å². The monoisotopic (exact) mass is 476 g/mol. The second kappa shape index (κ2) is 9.43. The maximum absolute atomic E-state index is 14.0. The molecule has 1 saturated carbocycles. The van der Waals surface area contributed by atoms with Gasteiger partial charge in [-0.25, -0.2) is 0 Å². The Balaban J connectivity index is 1.26. The minimum Gasteiger partial charge on any atom is -0.376 e. The number of hydrogen-bond acceptors (Lipinski definition) is 6. The number of anilines is 1. The van der Waals surface area contributed by atoms with E-state index in [-0.39, 0.29) is 23.7 Å². The average Bonchev–Trinajstić information content (AvgIpc) is 3.33. The number of aromatic nitrogens is 2. The first kappa shape index (κ1) is 23.5. The number of halogens is 3. The van der Waals surface area contributed by atoms with E-state index in [1.807, 2.05) is 32.0 Å². The first-order chi connectivity index (χ1) is 16.3. The first-order valence-corrected chi connectivity index (χ1v) is 12.0. The van der Waals surface area contributed by atoms with Crippen molar-refractivity contribution in [3.05, 3.63) is 41.0 Å². The number of alkyl halides is 3. The van der Waals surface area contributed by atoms with Crippen LogP contribution in [0.5, 0.6) is 0 Å². The standard InChI is InChI=1S/C25H31F3N4O2/c1-15-3-4-16(2)21(7-15)23-10-22(25(26,27)28)24(31-30-23)29-19-8-17-11-32(12-18(17)9-19)13-20-14-33-5-6-34-20/h3-4,7,10,17-20H,5-6,8-9,11-14H2,1-2H3,(H,29,31)/t17-,18+,19?,20-/m1/s1. The molecule has 1 aromatic heterocycles. The van der Waals surface area contributed by atoms with Crippen LogP contribution in [0.3, 0.4) is 0 Å². The summed E-state index contributed by atoms with van der Waals surface area (Å²) in [6.07, 6.45) is -2.73. The molecule has 1 unspecified atom stereocenters. The number of ether oxygens (including phenoxy) is 2. The highest BCUT2D eigenvalue weighted by molar-refractivity contribution is 5.66. The van der Waals surface area contributed by atoms with E-state index in [9.17, 15) is 13.2 Å². The van der Waals surface area contributed by atoms with Crippen LogP contribution in [0.1, 0.15) is 29.5 Å². The Labute approximate surface area is 197 Å². The van der Waals surface area contributed by atoms with E-state index in [2.05, 4.69) is 20.4 Å². The first-order valence-electron chi connectivity index (χ1n) is 12.0. The molecule has 0 bridgehead atoms. The van der Waals surface area contributed by atoms with Crippen molar-refractivity contribution in [1.82, 2.24) is 15.1 Å². The van der Waals surface area contributed by atoms with Gasteiger partial charge in [-0.05, 0) is 56.2 Å². The molecule has 3 heterocycles. The van der Waals surface area contributed by atoms with Gasteiger partial charge in [0.2, 0.25) is 0 Å². The number of aryl methyl sites for hydroxylation is 2. The molecular formula is C25H31F3N4O2. The maximum atomic E-state index is 14.0. The van der Waals surface area contributed by atoms with Crippen LogP contribution in [0, 0.1) is 25.7 Å². The number of hydrogen-bond donors (Lipinski definition) is 1. The predicted octanol–water partition coefficient (Wildman–Crippen LogP) is 4.32. The Morgan fingerprint density at radius 2 is 1.82 bits per heavy atom. The number of benzene rings is 1. The minimum absolute atomic E-state index is 0.0339. The third-order valence-corrected chi connectivity index (χ3v) is 7.28. The van der Waals surface area contributed by atoms with Crippen molar-refractivity contribution in [1.29, 1.82) is 0 Å². The lowest BCUT2D eigenvalue weighted by atomic mass is 10.0. The SMILES string of the molecule is Cc1ccc(C)c(-c2cc(C(F)(F)F)c(NC3C[C@@H]4CN(C[C@@H]5COCCO5)C[C@@H]4C3)nn2)c1. The lowest BCUT2D eigenvalue weighted by molar-refractivity contribution is -0.137. The van der Waals surface area contributed by atoms with Crippen LogP contribution in [-0.4, -0.2) is 66.7 Å². The van der Waals surface area contributed by atoms with E-state index < -0.39 is 11.7 Å². The number of nitrogens with one attached hydrogen (secondary N) is 1. The van der Waals surface area contributed by atoms with Gasteiger partial charge in [-0.1, -0.05) is 17.7 Å². The summed E-state index contributed by atoms with van der Waals surface area (Å²) in [7, 11) is 0. The molecule has 2 aromatic rings. The van der Waals surface area contributed by atoms with Gasteiger partial charge in [-0.2, -0.15) is 13.2 Å². The maximum Gasteiger partial charge on any atom is 0.420 e. The van der Waals surface area contributed by atoms with Crippen molar-refractivity contribution >= 4 is 5.82 Å². The fraction of sp³-hybridized carbons (Fsp3) is 0.600. The Kier molecular flexibility index (Phi) is 6.52. The van der Waals surface area contributed by atoms with Crippen molar-refractivity contribution < 1.29 is 22.6 Å². The highest BCUT2D eigenvalue weighted by Gasteiger charge is 2.43. The summed E-state index contributed by atoms with van der Waals surface area (Å²) in [5.74, 6) is 0.771. The van der Waals surface area contributed by atoms with Crippen molar-refractivity contribution in [3.63, 3.8) is 0 Å². The Morgan fingerprint density at radius 1 is 1.06 bits per heavy atom. The van der Waals surface area contributed by atoms with Crippen LogP contribution in [0.25, 0.3) is 11.3 Å². The minimum atomic E-state index is -4.52. The second-order valence-corrected chi connectivity index (χ2v) is 9.93. The van der Waals surface area contributed by atoms with Gasteiger partial charge in [0.1, 0.15) is 5.56 Å². The molecule has 34 heavy (non-hydrogen) atoms. The van der Waals surface area contributed by atoms with Crippen LogP contribution in [0.15, 0.2) is 24.3 Å². The Morgan fingerprint density at radius 3 is 2.50 bits per heavy atom. The molecule has 1 N–H and O–H groups in total. The van der Waals surface area contributed by atoms with Gasteiger partial charge >= 0.3 is 6.18 Å². The van der Waals surface area contributed by atoms with Crippen molar-refractivity contribution in [2.24, 2.45) is 11.8 Å². The van der Waals surface area contributed by atoms with Crippen molar-refractivity contribution in [2.75, 3.05) is 44.8 Å². The van der Waals surface area contributed by atoms with E-state index in [1.165, 1.54) is 0 Å². The zero-order valence-corrected chi connectivity index (χ0v) is 19.6. The van der Waals surface area contributed by atoms with Crippen LogP contribution < -0.4 is 5.32 Å². The van der Waals surface area contributed by atoms with Crippen LogP contribution in [0.2, 0.25) is 0 Å². The van der Waals surface area contributed by atoms with Crippen molar-refractivity contribution in [3.8, 4) is 11.3 Å². The summed E-state index contributed by atoms with van der Waals surface area (Å²) in [5, 5.41) is 11.3. The highest BCUT2D eigenvalue weighted by atomic mass is 19.4. The molecular weight excluding hydrogens is 445 g/mol. The third-order valence-electron chi connectivity index (χ3n) is 7.28. The average molecular weight is 477 g/mol. The van der Waals surface area contributed by atoms with Gasteiger partial charge in [0.25, 0.3) is 0 Å². The lowest BCUT2D eigenvalue weighted by Crippen LogP contribution is -2.39. The zero-order chi connectivity index (χ0) is 23.9. The summed E-state index contributed by atoms with van der Waals surface area (Å²) in [5.41, 5.74) is 1.99. The largest absolute Gasteiger partial charge is 0.420 e. The molecule has 3 aliphatic rings. The molecule has 5 rings (SSSR count). The molecule has 3 fully saturated rings.